The van der Waals surface area contributed by atoms with Gasteiger partial charge in [-0.2, -0.15) is 14.1 Å². The van der Waals surface area contributed by atoms with Crippen molar-refractivity contribution in [3.63, 3.8) is 0 Å². The summed E-state index contributed by atoms with van der Waals surface area (Å²) in [6.07, 6.45) is 19.0. The van der Waals surface area contributed by atoms with Crippen molar-refractivity contribution in [2.24, 2.45) is 35.5 Å². The smallest absolute Gasteiger partial charge is 0.706 e. The third kappa shape index (κ3) is 9.59. The molecule has 10 heteroatoms. The van der Waals surface area contributed by atoms with Crippen LogP contribution in [0.15, 0.2) is 146 Å². The van der Waals surface area contributed by atoms with Crippen molar-refractivity contribution in [1.82, 2.24) is 0 Å². The van der Waals surface area contributed by atoms with E-state index in [0.717, 1.165) is 58.1 Å². The van der Waals surface area contributed by atoms with Crippen molar-refractivity contribution in [1.29, 1.82) is 0 Å². The van der Waals surface area contributed by atoms with Crippen molar-refractivity contribution in [3.05, 3.63) is 157 Å². The minimum absolute atomic E-state index is 0. The van der Waals surface area contributed by atoms with Crippen LogP contribution in [0.5, 0.6) is 11.5 Å². The zero-order valence-electron chi connectivity index (χ0n) is 38.1. The summed E-state index contributed by atoms with van der Waals surface area (Å²) in [6, 6.07) is 54.8. The van der Waals surface area contributed by atoms with E-state index in [1.165, 1.54) is 104 Å². The van der Waals surface area contributed by atoms with Crippen LogP contribution < -0.4 is 31.3 Å². The number of anilines is 2. The molecule has 6 aromatic carbocycles. The van der Waals surface area contributed by atoms with E-state index in [-0.39, 0.29) is 20.4 Å². The fourth-order valence-corrected chi connectivity index (χ4v) is 23.2. The number of ether oxygens (including phenoxy) is 1. The second-order valence-corrected chi connectivity index (χ2v) is 28.0. The molecule has 9 aliphatic rings. The Morgan fingerprint density at radius 3 is 1.54 bits per heavy atom. The molecule has 6 nitrogen and oxygen atoms in total. The Balaban J connectivity index is 0.000000233. The van der Waals surface area contributed by atoms with Gasteiger partial charge in [-0.3, -0.25) is 4.55 Å². The van der Waals surface area contributed by atoms with Gasteiger partial charge in [0.05, 0.1) is 27.9 Å². The summed E-state index contributed by atoms with van der Waals surface area (Å²) in [5, 5.41) is 10.8. The summed E-state index contributed by atoms with van der Waals surface area (Å²) in [7, 11) is -5.39. The molecule has 0 spiro atoms. The number of fused-ring (bicyclic) bond motifs is 2. The molecule has 8 bridgehead atoms. The minimum atomic E-state index is -3.67. The van der Waals surface area contributed by atoms with Gasteiger partial charge in [-0.25, -0.2) is 0 Å². The van der Waals surface area contributed by atoms with Crippen LogP contribution in [0.2, 0.25) is 0 Å². The van der Waals surface area contributed by atoms with Gasteiger partial charge in [-0.05, 0) is 155 Å². The third-order valence-electron chi connectivity index (χ3n) is 16.1. The molecule has 8 saturated carbocycles. The maximum Gasteiger partial charge on any atom is 2.00 e. The molecule has 348 valence electrons. The van der Waals surface area contributed by atoms with Gasteiger partial charge in [0.25, 0.3) is 10.1 Å². The fraction of sp³-hybridized carbons (Fsp3) is 0.368. The van der Waals surface area contributed by atoms with Crippen LogP contribution in [0.25, 0.3) is 16.9 Å². The van der Waals surface area contributed by atoms with Gasteiger partial charge in [0, 0.05) is 13.2 Å². The number of rotatable bonds is 7. The molecule has 67 heavy (non-hydrogen) atoms. The second kappa shape index (κ2) is 19.2. The van der Waals surface area contributed by atoms with Crippen molar-refractivity contribution < 1.29 is 38.1 Å². The van der Waals surface area contributed by atoms with E-state index in [4.69, 9.17) is 15.0 Å². The van der Waals surface area contributed by atoms with Crippen LogP contribution in [0, 0.1) is 41.6 Å². The Bertz CT molecular complexity index is 2650. The van der Waals surface area contributed by atoms with Gasteiger partial charge in [0.2, 0.25) is 0 Å². The average molecular weight is 1040 g/mol. The van der Waals surface area contributed by atoms with E-state index < -0.39 is 26.0 Å². The summed E-state index contributed by atoms with van der Waals surface area (Å²) < 4.78 is 33.4. The third-order valence-corrected chi connectivity index (χ3v) is 22.8. The molecule has 0 saturated heterocycles. The number of para-hydroxylation sites is 2. The first-order chi connectivity index (χ1) is 32.0. The molecule has 0 unspecified atom stereocenters. The molecule has 0 amide bonds. The van der Waals surface area contributed by atoms with Crippen molar-refractivity contribution in [2.75, 3.05) is 11.6 Å². The molecule has 0 aromatic heterocycles. The van der Waals surface area contributed by atoms with E-state index in [2.05, 4.69) is 108 Å². The number of nitrogens with one attached hydrogen (secondary N) is 2. The maximum absolute atomic E-state index is 9.19. The van der Waals surface area contributed by atoms with E-state index >= 15 is 0 Å². The largest absolute Gasteiger partial charge is 2.00 e. The molecule has 1 aliphatic heterocycles. The Morgan fingerprint density at radius 1 is 0.612 bits per heavy atom. The quantitative estimate of drug-likeness (QED) is 0.0717. The Morgan fingerprint density at radius 2 is 1.06 bits per heavy atom. The van der Waals surface area contributed by atoms with E-state index in [0.29, 0.717) is 22.3 Å². The van der Waals surface area contributed by atoms with Crippen LogP contribution in [0.1, 0.15) is 77.0 Å². The molecule has 8 fully saturated rings. The summed E-state index contributed by atoms with van der Waals surface area (Å²) >= 11 is 0. The SMILES string of the molecule is CS(=O)(=O)O.[NH-]c1ccccc1-c1[c-]cccc1.[Pd+2].c1ccc(P(c2ccccc2)c2cccc3c2Oc2c(cccc2[PH+](C24CC5CC(CC(C5)C2)C4)C24CC5CC(CC(C5)C2)C4)N3)cc1. The van der Waals surface area contributed by atoms with Crippen molar-refractivity contribution >= 4 is 64.2 Å². The van der Waals surface area contributed by atoms with Gasteiger partial charge in [-0.1, -0.05) is 97.1 Å². The van der Waals surface area contributed by atoms with Gasteiger partial charge in [0.1, 0.15) is 5.30 Å². The molecule has 8 aliphatic carbocycles. The zero-order chi connectivity index (χ0) is 45.0. The van der Waals surface area contributed by atoms with Gasteiger partial charge < -0.3 is 15.8 Å². The summed E-state index contributed by atoms with van der Waals surface area (Å²) in [5.74, 6) is 8.16. The molecular formula is C57H61N2O4P2PdS+. The first kappa shape index (κ1) is 46.9. The van der Waals surface area contributed by atoms with Crippen LogP contribution >= 0.6 is 15.8 Å². The van der Waals surface area contributed by atoms with Gasteiger partial charge in [0.15, 0.2) is 11.5 Å². The predicted molar refractivity (Wildman–Crippen MR) is 277 cm³/mol. The normalized spacial score (nSPS) is 28.2. The van der Waals surface area contributed by atoms with Gasteiger partial charge >= 0.3 is 20.4 Å². The van der Waals surface area contributed by atoms with Crippen LogP contribution in [-0.4, -0.2) is 29.5 Å². The summed E-state index contributed by atoms with van der Waals surface area (Å²) in [4.78, 5) is 0. The maximum atomic E-state index is 9.19. The number of hydrogen-bond acceptors (Lipinski definition) is 4. The van der Waals surface area contributed by atoms with Gasteiger partial charge in [-0.15, -0.1) is 41.5 Å². The first-order valence-electron chi connectivity index (χ1n) is 24.2. The number of hydrogen-bond donors (Lipinski definition) is 2. The number of benzene rings is 6. The monoisotopic (exact) mass is 1040 g/mol. The van der Waals surface area contributed by atoms with Crippen molar-refractivity contribution in [2.45, 2.75) is 87.4 Å². The van der Waals surface area contributed by atoms with Crippen LogP contribution in [-0.2, 0) is 30.5 Å². The molecule has 1 heterocycles. The summed E-state index contributed by atoms with van der Waals surface area (Å²) in [5.41, 5.74) is 12.5. The Kier molecular flexibility index (Phi) is 13.4. The molecule has 0 radical (unpaired) electrons. The molecule has 6 aromatic rings. The predicted octanol–water partition coefficient (Wildman–Crippen LogP) is 13.4. The van der Waals surface area contributed by atoms with Crippen molar-refractivity contribution in [3.8, 4) is 22.6 Å². The van der Waals surface area contributed by atoms with E-state index in [9.17, 15) is 8.42 Å². The average Bonchev–Trinajstić information content (AvgIpc) is 3.29. The van der Waals surface area contributed by atoms with Crippen LogP contribution in [0.3, 0.4) is 0 Å². The molecule has 0 atom stereocenters. The zero-order valence-corrected chi connectivity index (χ0v) is 42.4. The Hall–Kier alpha value is -3.85. The summed E-state index contributed by atoms with van der Waals surface area (Å²) in [6.45, 7) is 0. The first-order valence-corrected chi connectivity index (χ1v) is 28.9. The van der Waals surface area contributed by atoms with E-state index in [1.54, 1.807) is 11.4 Å². The standard InChI is InChI=1S/C44H47NOP2.C12H9N.CH4O3S.Pd/c1-3-9-35(10-4-1)47(36-11-5-2-6-12-36)39-15-7-13-37-41(39)46-42-38(45-37)14-8-16-40(42)48(43-23-29-17-30(24-43)19-31(18-29)25-43)44-26-32-20-33(27-44)22-34(21-32)28-44;13-12-9-5-4-8-11(12)10-6-2-1-3-7-10;1-5(2,3)4;/h1-16,29-34,45H,17-28H2;1-6,8-9,13H;1H3,(H,2,3,4);/q;-2;;+2/p+1. The minimum Gasteiger partial charge on any atom is -0.706 e. The van der Waals surface area contributed by atoms with E-state index in [1.807, 2.05) is 42.5 Å². The molecular weight excluding hydrogens is 977 g/mol. The molecule has 3 N–H and O–H groups in total. The van der Waals surface area contributed by atoms with Crippen LogP contribution in [0.4, 0.5) is 17.1 Å². The molecule has 15 rings (SSSR count). The fourth-order valence-electron chi connectivity index (χ4n) is 14.9. The Labute approximate surface area is 414 Å². The second-order valence-electron chi connectivity index (χ2n) is 20.9. The topological polar surface area (TPSA) is 99.4 Å².